The fraction of sp³-hybridized carbons (Fsp3) is 1.00. The normalized spacial score (nSPS) is 32.5. The van der Waals surface area contributed by atoms with Crippen molar-refractivity contribution >= 4 is 0 Å². The molecule has 1 N–H and O–H groups in total. The first-order valence-electron chi connectivity index (χ1n) is 5.06. The van der Waals surface area contributed by atoms with E-state index in [0.717, 1.165) is 5.92 Å². The van der Waals surface area contributed by atoms with Gasteiger partial charge in [0.1, 0.15) is 0 Å². The maximum atomic E-state index is 3.60. The molecule has 1 aliphatic heterocycles. The van der Waals surface area contributed by atoms with Crippen LogP contribution in [0.2, 0.25) is 0 Å². The fourth-order valence-electron chi connectivity index (χ4n) is 1.96. The highest BCUT2D eigenvalue weighted by atomic mass is 15.0. The average Bonchev–Trinajstić information content (AvgIpc) is 2.73. The molecule has 0 bridgehead atoms. The van der Waals surface area contributed by atoms with Gasteiger partial charge in [0.2, 0.25) is 0 Å². The third kappa shape index (κ3) is 2.19. The van der Waals surface area contributed by atoms with E-state index in [-0.39, 0.29) is 0 Å². The van der Waals surface area contributed by atoms with E-state index in [1.54, 1.807) is 0 Å². The molecule has 66 valence electrons. The Morgan fingerprint density at radius 3 is 2.27 bits per heavy atom. The van der Waals surface area contributed by atoms with Gasteiger partial charge in [0.25, 0.3) is 0 Å². The van der Waals surface area contributed by atoms with Crippen LogP contribution in [0.1, 0.15) is 46.5 Å². The Balaban J connectivity index is 0.000000281. The van der Waals surface area contributed by atoms with Gasteiger partial charge in [-0.3, -0.25) is 0 Å². The Morgan fingerprint density at radius 1 is 1.27 bits per heavy atom. The molecule has 1 saturated heterocycles. The van der Waals surface area contributed by atoms with Gasteiger partial charge in [-0.2, -0.15) is 0 Å². The Kier molecular flexibility index (Phi) is 2.94. The van der Waals surface area contributed by atoms with Gasteiger partial charge in [-0.15, -0.1) is 0 Å². The molecular weight excluding hydrogens is 134 g/mol. The topological polar surface area (TPSA) is 12.0 Å². The lowest BCUT2D eigenvalue weighted by molar-refractivity contribution is 0.305. The van der Waals surface area contributed by atoms with E-state index in [4.69, 9.17) is 0 Å². The first-order chi connectivity index (χ1) is 5.31. The third-order valence-electron chi connectivity index (χ3n) is 2.73. The molecule has 1 atom stereocenters. The third-order valence-corrected chi connectivity index (χ3v) is 2.73. The largest absolute Gasteiger partial charge is 0.311 e. The van der Waals surface area contributed by atoms with Crippen molar-refractivity contribution in [3.8, 4) is 0 Å². The number of hydrogen-bond acceptors (Lipinski definition) is 1. The highest BCUT2D eigenvalue weighted by molar-refractivity contribution is 5.04. The van der Waals surface area contributed by atoms with Crippen LogP contribution in [-0.4, -0.2) is 12.1 Å². The van der Waals surface area contributed by atoms with Crippen LogP contribution in [0.3, 0.4) is 0 Å². The van der Waals surface area contributed by atoms with Crippen LogP contribution in [-0.2, 0) is 0 Å². The molecule has 1 unspecified atom stereocenters. The molecule has 1 saturated carbocycles. The smallest absolute Gasteiger partial charge is 0.0185 e. The molecule has 2 aliphatic rings. The van der Waals surface area contributed by atoms with Gasteiger partial charge in [-0.25, -0.2) is 0 Å². The Bertz CT molecular complexity index is 116. The van der Waals surface area contributed by atoms with Crippen LogP contribution in [0.15, 0.2) is 0 Å². The van der Waals surface area contributed by atoms with Gasteiger partial charge in [0, 0.05) is 5.54 Å². The van der Waals surface area contributed by atoms with Crippen molar-refractivity contribution in [2.75, 3.05) is 6.54 Å². The predicted molar refractivity (Wildman–Crippen MR) is 49.7 cm³/mol. The summed E-state index contributed by atoms with van der Waals surface area (Å²) in [5, 5.41) is 3.60. The van der Waals surface area contributed by atoms with Crippen molar-refractivity contribution in [3.05, 3.63) is 0 Å². The average molecular weight is 155 g/mol. The van der Waals surface area contributed by atoms with E-state index in [0.29, 0.717) is 5.54 Å². The predicted octanol–water partition coefficient (Wildman–Crippen LogP) is 2.56. The second-order valence-electron chi connectivity index (χ2n) is 3.81. The van der Waals surface area contributed by atoms with Gasteiger partial charge < -0.3 is 5.32 Å². The Hall–Kier alpha value is -0.0400. The molecule has 11 heavy (non-hydrogen) atoms. The number of nitrogens with one attached hydrogen (secondary N) is 1. The summed E-state index contributed by atoms with van der Waals surface area (Å²) in [4.78, 5) is 0. The molecule has 0 radical (unpaired) electrons. The van der Waals surface area contributed by atoms with Gasteiger partial charge >= 0.3 is 0 Å². The van der Waals surface area contributed by atoms with Crippen molar-refractivity contribution in [1.29, 1.82) is 0 Å². The van der Waals surface area contributed by atoms with Crippen molar-refractivity contribution in [2.24, 2.45) is 5.92 Å². The Labute approximate surface area is 70.6 Å². The quantitative estimate of drug-likeness (QED) is 0.567. The van der Waals surface area contributed by atoms with Crippen LogP contribution in [0, 0.1) is 5.92 Å². The highest BCUT2D eigenvalue weighted by Crippen LogP contribution is 2.43. The molecular formula is C10H21N. The van der Waals surface area contributed by atoms with E-state index in [1.807, 2.05) is 13.8 Å². The number of piperidine rings is 1. The lowest BCUT2D eigenvalue weighted by atomic mass is 9.93. The van der Waals surface area contributed by atoms with E-state index in [2.05, 4.69) is 12.2 Å². The zero-order valence-corrected chi connectivity index (χ0v) is 8.11. The summed E-state index contributed by atoms with van der Waals surface area (Å²) in [5.41, 5.74) is 0.650. The van der Waals surface area contributed by atoms with Crippen molar-refractivity contribution in [2.45, 2.75) is 52.0 Å². The summed E-state index contributed by atoms with van der Waals surface area (Å²) in [6.45, 7) is 7.64. The molecule has 2 fully saturated rings. The molecule has 1 heteroatoms. The van der Waals surface area contributed by atoms with Gasteiger partial charge in [-0.05, 0) is 38.1 Å². The number of rotatable bonds is 0. The summed E-state index contributed by atoms with van der Waals surface area (Å²) in [6.07, 6.45) is 5.71. The molecule has 1 aliphatic carbocycles. The minimum absolute atomic E-state index is 0.650. The van der Waals surface area contributed by atoms with Gasteiger partial charge in [0.15, 0.2) is 0 Å². The lowest BCUT2D eigenvalue weighted by Crippen LogP contribution is -2.39. The minimum Gasteiger partial charge on any atom is -0.311 e. The van der Waals surface area contributed by atoms with E-state index in [9.17, 15) is 0 Å². The van der Waals surface area contributed by atoms with E-state index < -0.39 is 0 Å². The number of hydrogen-bond donors (Lipinski definition) is 1. The summed E-state index contributed by atoms with van der Waals surface area (Å²) in [5.74, 6) is 0.980. The van der Waals surface area contributed by atoms with Crippen LogP contribution in [0.25, 0.3) is 0 Å². The summed E-state index contributed by atoms with van der Waals surface area (Å²) in [7, 11) is 0. The molecule has 0 amide bonds. The van der Waals surface area contributed by atoms with E-state index >= 15 is 0 Å². The fourth-order valence-corrected chi connectivity index (χ4v) is 1.96. The molecule has 1 heterocycles. The maximum absolute atomic E-state index is 3.60. The zero-order valence-electron chi connectivity index (χ0n) is 8.11. The van der Waals surface area contributed by atoms with Crippen LogP contribution >= 0.6 is 0 Å². The van der Waals surface area contributed by atoms with Crippen LogP contribution < -0.4 is 5.32 Å². The lowest BCUT2D eigenvalue weighted by Gasteiger charge is -2.27. The monoisotopic (exact) mass is 155 g/mol. The summed E-state index contributed by atoms with van der Waals surface area (Å²) in [6, 6.07) is 0. The second-order valence-corrected chi connectivity index (χ2v) is 3.81. The molecule has 2 rings (SSSR count). The van der Waals surface area contributed by atoms with Crippen molar-refractivity contribution in [3.63, 3.8) is 0 Å². The van der Waals surface area contributed by atoms with E-state index in [1.165, 1.54) is 32.2 Å². The minimum atomic E-state index is 0.650. The van der Waals surface area contributed by atoms with Crippen molar-refractivity contribution in [1.82, 2.24) is 5.32 Å². The standard InChI is InChI=1S/C8H15N.C2H6/c1-7-2-5-9-8(6-7)3-4-8;1-2/h7,9H,2-6H2,1H3;1-2H3. The maximum Gasteiger partial charge on any atom is 0.0185 e. The molecule has 0 aromatic rings. The van der Waals surface area contributed by atoms with Crippen LogP contribution in [0.4, 0.5) is 0 Å². The highest BCUT2D eigenvalue weighted by Gasteiger charge is 2.44. The van der Waals surface area contributed by atoms with Crippen LogP contribution in [0.5, 0.6) is 0 Å². The molecule has 0 aromatic carbocycles. The summed E-state index contributed by atoms with van der Waals surface area (Å²) >= 11 is 0. The molecule has 0 aromatic heterocycles. The Morgan fingerprint density at radius 2 is 1.91 bits per heavy atom. The SMILES string of the molecule is CC.CC1CCNC2(CC2)C1. The zero-order chi connectivity index (χ0) is 8.32. The van der Waals surface area contributed by atoms with Crippen molar-refractivity contribution < 1.29 is 0 Å². The summed E-state index contributed by atoms with van der Waals surface area (Å²) < 4.78 is 0. The van der Waals surface area contributed by atoms with Gasteiger partial charge in [0.05, 0.1) is 0 Å². The van der Waals surface area contributed by atoms with Gasteiger partial charge in [-0.1, -0.05) is 20.8 Å². The first kappa shape index (κ1) is 9.05. The molecule has 1 nitrogen and oxygen atoms in total. The molecule has 1 spiro atoms. The first-order valence-corrected chi connectivity index (χ1v) is 5.06. The second kappa shape index (κ2) is 3.57.